The molecule has 234 valence electrons. The summed E-state index contributed by atoms with van der Waals surface area (Å²) in [7, 11) is 0. The van der Waals surface area contributed by atoms with Gasteiger partial charge in [-0.05, 0) is 79.4 Å². The molecule has 4 atom stereocenters. The molecule has 3 aromatic carbocycles. The normalized spacial score (nSPS) is 19.8. The molecule has 7 nitrogen and oxygen atoms in total. The first-order chi connectivity index (χ1) is 22.1. The van der Waals surface area contributed by atoms with Crippen molar-refractivity contribution in [1.82, 2.24) is 4.98 Å². The van der Waals surface area contributed by atoms with Crippen molar-refractivity contribution < 1.29 is 23.9 Å². The molecule has 4 aromatic rings. The van der Waals surface area contributed by atoms with E-state index in [0.717, 1.165) is 10.0 Å². The van der Waals surface area contributed by atoms with Gasteiger partial charge in [0.05, 0.1) is 34.3 Å². The molecule has 0 radical (unpaired) electrons. The molecule has 1 aliphatic carbocycles. The number of ketones is 1. The highest BCUT2D eigenvalue weighted by atomic mass is 79.9. The van der Waals surface area contributed by atoms with Crippen LogP contribution in [0.1, 0.15) is 46.0 Å². The van der Waals surface area contributed by atoms with Crippen LogP contribution in [-0.4, -0.2) is 40.5 Å². The number of halogens is 3. The third-order valence-electron chi connectivity index (χ3n) is 8.62. The highest BCUT2D eigenvalue weighted by molar-refractivity contribution is 9.10. The van der Waals surface area contributed by atoms with Crippen molar-refractivity contribution >= 4 is 79.3 Å². The van der Waals surface area contributed by atoms with E-state index in [4.69, 9.17) is 32.9 Å². The van der Waals surface area contributed by atoms with Gasteiger partial charge in [0.2, 0.25) is 17.6 Å². The number of alkyl halides is 1. The van der Waals surface area contributed by atoms with Gasteiger partial charge in [0.1, 0.15) is 0 Å². The Kier molecular flexibility index (Phi) is 9.15. The van der Waals surface area contributed by atoms with Crippen LogP contribution in [0.5, 0.6) is 0 Å². The Morgan fingerprint density at radius 1 is 1.04 bits per heavy atom. The lowest BCUT2D eigenvalue weighted by molar-refractivity contribution is -0.122. The number of imide groups is 1. The molecule has 0 spiro atoms. The molecule has 0 saturated carbocycles. The zero-order chi connectivity index (χ0) is 32.7. The molecule has 1 aliphatic heterocycles. The van der Waals surface area contributed by atoms with Gasteiger partial charge in [-0.25, -0.2) is 9.78 Å². The monoisotopic (exact) mass is 718 g/mol. The zero-order valence-electron chi connectivity index (χ0n) is 25.0. The maximum atomic E-state index is 13.8. The number of Topliss-reactive ketones (excluding diaryl/α,β-unsaturated/α-hetero) is 1. The van der Waals surface area contributed by atoms with E-state index in [9.17, 15) is 19.2 Å². The summed E-state index contributed by atoms with van der Waals surface area (Å²) in [5.41, 5.74) is 3.64. The molecular weight excluding hydrogens is 691 g/mol. The van der Waals surface area contributed by atoms with E-state index in [2.05, 4.69) is 15.9 Å². The summed E-state index contributed by atoms with van der Waals surface area (Å²) < 4.78 is 6.59. The second-order valence-electron chi connectivity index (χ2n) is 11.6. The first-order valence-corrected chi connectivity index (χ1v) is 16.6. The van der Waals surface area contributed by atoms with E-state index in [-0.39, 0.29) is 53.2 Å². The number of pyridine rings is 1. The highest BCUT2D eigenvalue weighted by Crippen LogP contribution is 2.41. The first-order valence-electron chi connectivity index (χ1n) is 14.9. The number of esters is 1. The van der Waals surface area contributed by atoms with Crippen LogP contribution >= 0.6 is 39.1 Å². The number of ether oxygens (including phenoxy) is 1. The van der Waals surface area contributed by atoms with Gasteiger partial charge < -0.3 is 4.74 Å². The Bertz CT molecular complexity index is 1910. The summed E-state index contributed by atoms with van der Waals surface area (Å²) in [4.78, 5) is 59.8. The maximum absolute atomic E-state index is 13.8. The van der Waals surface area contributed by atoms with Crippen LogP contribution in [0.25, 0.3) is 22.2 Å². The Labute approximate surface area is 284 Å². The third kappa shape index (κ3) is 6.01. The minimum Gasteiger partial charge on any atom is -0.450 e. The number of nitrogens with zero attached hydrogens (tertiary/aromatic N) is 2. The molecule has 2 heterocycles. The molecule has 1 fully saturated rings. The summed E-state index contributed by atoms with van der Waals surface area (Å²) in [5.74, 6) is -2.05. The molecule has 6 rings (SSSR count). The van der Waals surface area contributed by atoms with Gasteiger partial charge >= 0.3 is 5.97 Å². The number of carbonyl (C=O) groups excluding carboxylic acids is 4. The number of hydrogen-bond donors (Lipinski definition) is 0. The Morgan fingerprint density at radius 2 is 1.76 bits per heavy atom. The van der Waals surface area contributed by atoms with Gasteiger partial charge in [0.15, 0.2) is 6.10 Å². The molecule has 1 aromatic heterocycles. The largest absolute Gasteiger partial charge is 0.450 e. The van der Waals surface area contributed by atoms with Gasteiger partial charge in [-0.3, -0.25) is 19.3 Å². The van der Waals surface area contributed by atoms with Crippen molar-refractivity contribution in [3.8, 4) is 11.3 Å². The van der Waals surface area contributed by atoms with E-state index in [1.165, 1.54) is 4.90 Å². The summed E-state index contributed by atoms with van der Waals surface area (Å²) >= 11 is 15.5. The van der Waals surface area contributed by atoms with Gasteiger partial charge in [-0.2, -0.15) is 0 Å². The summed E-state index contributed by atoms with van der Waals surface area (Å²) in [6.45, 7) is 3.85. The molecule has 2 amide bonds. The lowest BCUT2D eigenvalue weighted by Gasteiger charge is -2.22. The number of benzene rings is 3. The Hall–Kier alpha value is -3.85. The third-order valence-corrected chi connectivity index (χ3v) is 9.55. The molecule has 1 saturated heterocycles. The zero-order valence-corrected chi connectivity index (χ0v) is 28.1. The fourth-order valence-electron chi connectivity index (χ4n) is 6.29. The first kappa shape index (κ1) is 32.1. The molecule has 0 bridgehead atoms. The van der Waals surface area contributed by atoms with Crippen LogP contribution in [0.15, 0.2) is 83.4 Å². The van der Waals surface area contributed by atoms with E-state index in [1.807, 2.05) is 32.1 Å². The molecular formula is C36H29BrCl2N2O5. The molecule has 46 heavy (non-hydrogen) atoms. The van der Waals surface area contributed by atoms with Crippen LogP contribution in [0.2, 0.25) is 5.02 Å². The van der Waals surface area contributed by atoms with Crippen molar-refractivity contribution in [3.05, 3.63) is 105 Å². The van der Waals surface area contributed by atoms with Crippen LogP contribution in [0, 0.1) is 24.7 Å². The van der Waals surface area contributed by atoms with Crippen LogP contribution < -0.4 is 4.90 Å². The van der Waals surface area contributed by atoms with Crippen molar-refractivity contribution in [1.29, 1.82) is 0 Å². The number of allylic oxidation sites excluding steroid dienone is 2. The fourth-order valence-corrected chi connectivity index (χ4v) is 7.19. The number of anilines is 1. The predicted molar refractivity (Wildman–Crippen MR) is 182 cm³/mol. The smallest absolute Gasteiger partial charge is 0.339 e. The van der Waals surface area contributed by atoms with Crippen LogP contribution in [0.4, 0.5) is 5.69 Å². The van der Waals surface area contributed by atoms with Crippen molar-refractivity contribution in [3.63, 3.8) is 0 Å². The van der Waals surface area contributed by atoms with Gasteiger partial charge in [0.25, 0.3) is 0 Å². The quantitative estimate of drug-likeness (QED) is 0.0598. The SMILES string of the molecule is Cc1cc(Br)cc2c(C(=O)OC(CCCl)C(=O)c3ccc(Cl)cc3)cc(-c3ccc(N4C(=O)C5CC=CC(C)C5C4=O)cc3)nc12. The van der Waals surface area contributed by atoms with E-state index >= 15 is 0 Å². The Balaban J connectivity index is 1.34. The van der Waals surface area contributed by atoms with E-state index < -0.39 is 12.1 Å². The number of carbonyl (C=O) groups is 4. The van der Waals surface area contributed by atoms with Gasteiger partial charge in [-0.15, -0.1) is 11.6 Å². The number of rotatable bonds is 8. The topological polar surface area (TPSA) is 93.6 Å². The molecule has 0 N–H and O–H groups in total. The highest BCUT2D eigenvalue weighted by Gasteiger charge is 2.50. The van der Waals surface area contributed by atoms with Crippen LogP contribution in [-0.2, 0) is 14.3 Å². The summed E-state index contributed by atoms with van der Waals surface area (Å²) in [5, 5.41) is 1.04. The number of aromatic nitrogens is 1. The number of amides is 2. The fraction of sp³-hybridized carbons (Fsp3) is 0.250. The van der Waals surface area contributed by atoms with Crippen molar-refractivity contribution in [2.24, 2.45) is 17.8 Å². The maximum Gasteiger partial charge on any atom is 0.339 e. The van der Waals surface area contributed by atoms with E-state index in [1.54, 1.807) is 60.7 Å². The standard InChI is InChI=1S/C36H29BrCl2N2O5/c1-19-4-3-5-26-31(19)35(44)41(34(26)43)25-12-8-21(9-13-25)29-18-28(27-17-23(37)16-20(2)32(27)40-29)36(45)46-30(14-15-38)33(42)22-6-10-24(39)11-7-22/h3-4,6-13,16-19,26,30-31H,5,14-15H2,1-2H3. The predicted octanol–water partition coefficient (Wildman–Crippen LogP) is 8.36. The molecule has 4 unspecified atom stereocenters. The van der Waals surface area contributed by atoms with Crippen molar-refractivity contribution in [2.75, 3.05) is 10.8 Å². The summed E-state index contributed by atoms with van der Waals surface area (Å²) in [6.07, 6.45) is 3.55. The van der Waals surface area contributed by atoms with Gasteiger partial charge in [-0.1, -0.05) is 58.7 Å². The minimum absolute atomic E-state index is 0.00625. The second kappa shape index (κ2) is 13.1. The average Bonchev–Trinajstić information content (AvgIpc) is 3.30. The Morgan fingerprint density at radius 3 is 2.43 bits per heavy atom. The average molecular weight is 720 g/mol. The van der Waals surface area contributed by atoms with Gasteiger partial charge in [0, 0.05) is 38.3 Å². The van der Waals surface area contributed by atoms with Crippen LogP contribution in [0.3, 0.4) is 0 Å². The molecule has 10 heteroatoms. The number of fused-ring (bicyclic) bond motifs is 2. The van der Waals surface area contributed by atoms with Crippen molar-refractivity contribution in [2.45, 2.75) is 32.8 Å². The lowest BCUT2D eigenvalue weighted by Crippen LogP contribution is -2.31. The van der Waals surface area contributed by atoms with E-state index in [0.29, 0.717) is 44.9 Å². The second-order valence-corrected chi connectivity index (χ2v) is 13.4. The number of aryl methyl sites for hydroxylation is 1. The lowest BCUT2D eigenvalue weighted by atomic mass is 9.78. The number of hydrogen-bond acceptors (Lipinski definition) is 6. The molecule has 2 aliphatic rings. The summed E-state index contributed by atoms with van der Waals surface area (Å²) in [6, 6.07) is 18.7. The minimum atomic E-state index is -1.11.